The number of hydrogen-bond donors (Lipinski definition) is 1. The molecule has 0 saturated heterocycles. The van der Waals surface area contributed by atoms with E-state index in [1.54, 1.807) is 13.0 Å². The van der Waals surface area contributed by atoms with Gasteiger partial charge in [-0.05, 0) is 39.0 Å². The first kappa shape index (κ1) is 12.6. The number of nitrogens with one attached hydrogen (secondary N) is 1. The molecule has 0 aliphatic carbocycles. The average Bonchev–Trinajstić information content (AvgIpc) is 2.67. The van der Waals surface area contributed by atoms with Crippen LogP contribution in [0.25, 0.3) is 11.0 Å². The van der Waals surface area contributed by atoms with Crippen LogP contribution in [-0.4, -0.2) is 23.1 Å². The van der Waals surface area contributed by atoms with Crippen molar-refractivity contribution in [2.24, 2.45) is 0 Å². The van der Waals surface area contributed by atoms with E-state index in [9.17, 15) is 8.42 Å². The SMILES string of the molecule is Cc1nc2ccc(S(=O)(=O)C(C)(C)C#N)cc2[nH]1. The molecular formula is C12H13N3O2S. The van der Waals surface area contributed by atoms with Crippen LogP contribution in [0.1, 0.15) is 19.7 Å². The number of nitriles is 1. The van der Waals surface area contributed by atoms with Crippen molar-refractivity contribution in [2.75, 3.05) is 0 Å². The van der Waals surface area contributed by atoms with Gasteiger partial charge in [0, 0.05) is 0 Å². The van der Waals surface area contributed by atoms with E-state index in [1.165, 1.54) is 26.0 Å². The number of aromatic amines is 1. The Bertz CT molecular complexity index is 751. The largest absolute Gasteiger partial charge is 0.342 e. The highest BCUT2D eigenvalue weighted by Gasteiger charge is 2.36. The van der Waals surface area contributed by atoms with Gasteiger partial charge in [0.05, 0.1) is 22.0 Å². The number of nitrogens with zero attached hydrogens (tertiary/aromatic N) is 2. The van der Waals surface area contributed by atoms with E-state index < -0.39 is 14.6 Å². The van der Waals surface area contributed by atoms with Crippen molar-refractivity contribution >= 4 is 20.9 Å². The molecule has 1 heterocycles. The maximum Gasteiger partial charge on any atom is 0.196 e. The van der Waals surface area contributed by atoms with Crippen molar-refractivity contribution in [1.82, 2.24) is 9.97 Å². The zero-order valence-corrected chi connectivity index (χ0v) is 11.2. The van der Waals surface area contributed by atoms with E-state index in [1.807, 2.05) is 6.07 Å². The highest BCUT2D eigenvalue weighted by atomic mass is 32.2. The summed E-state index contributed by atoms with van der Waals surface area (Å²) in [7, 11) is -3.68. The standard InChI is InChI=1S/C12H13N3O2S/c1-8-14-10-5-4-9(6-11(10)15-8)18(16,17)12(2,3)7-13/h4-6H,1-3H3,(H,14,15). The third-order valence-corrected chi connectivity index (χ3v) is 5.13. The second-order valence-corrected chi connectivity index (χ2v) is 7.13. The second kappa shape index (κ2) is 3.82. The van der Waals surface area contributed by atoms with Gasteiger partial charge in [-0.3, -0.25) is 0 Å². The van der Waals surface area contributed by atoms with Crippen LogP contribution in [0.4, 0.5) is 0 Å². The fourth-order valence-corrected chi connectivity index (χ4v) is 2.87. The van der Waals surface area contributed by atoms with E-state index in [2.05, 4.69) is 9.97 Å². The van der Waals surface area contributed by atoms with Crippen molar-refractivity contribution < 1.29 is 8.42 Å². The van der Waals surface area contributed by atoms with Gasteiger partial charge in [-0.15, -0.1) is 0 Å². The summed E-state index contributed by atoms with van der Waals surface area (Å²) >= 11 is 0. The summed E-state index contributed by atoms with van der Waals surface area (Å²) < 4.78 is 23.1. The first-order valence-corrected chi connectivity index (χ1v) is 6.88. The average molecular weight is 263 g/mol. The Morgan fingerprint density at radius 3 is 2.67 bits per heavy atom. The molecule has 18 heavy (non-hydrogen) atoms. The Balaban J connectivity index is 2.66. The van der Waals surface area contributed by atoms with Crippen LogP contribution in [0.15, 0.2) is 23.1 Å². The van der Waals surface area contributed by atoms with Crippen LogP contribution >= 0.6 is 0 Å². The van der Waals surface area contributed by atoms with E-state index in [0.29, 0.717) is 11.0 Å². The Morgan fingerprint density at radius 1 is 1.39 bits per heavy atom. The molecular weight excluding hydrogens is 250 g/mol. The molecule has 0 atom stereocenters. The second-order valence-electron chi connectivity index (χ2n) is 4.63. The smallest absolute Gasteiger partial charge is 0.196 e. The fraction of sp³-hybridized carbons (Fsp3) is 0.333. The van der Waals surface area contributed by atoms with Crippen molar-refractivity contribution in [1.29, 1.82) is 5.26 Å². The van der Waals surface area contributed by atoms with Crippen LogP contribution in [0.2, 0.25) is 0 Å². The first-order valence-electron chi connectivity index (χ1n) is 5.40. The van der Waals surface area contributed by atoms with Gasteiger partial charge in [0.2, 0.25) is 0 Å². The van der Waals surface area contributed by atoms with Crippen LogP contribution < -0.4 is 0 Å². The molecule has 5 nitrogen and oxygen atoms in total. The minimum absolute atomic E-state index is 0.130. The first-order chi connectivity index (χ1) is 8.28. The van der Waals surface area contributed by atoms with Gasteiger partial charge in [0.15, 0.2) is 14.6 Å². The molecule has 94 valence electrons. The predicted molar refractivity (Wildman–Crippen MR) is 67.7 cm³/mol. The van der Waals surface area contributed by atoms with Crippen LogP contribution in [0.3, 0.4) is 0 Å². The van der Waals surface area contributed by atoms with Gasteiger partial charge >= 0.3 is 0 Å². The Labute approximate surface area is 105 Å². The normalized spacial score (nSPS) is 12.6. The number of fused-ring (bicyclic) bond motifs is 1. The lowest BCUT2D eigenvalue weighted by Gasteiger charge is -2.16. The Hall–Kier alpha value is -1.87. The summed E-state index contributed by atoms with van der Waals surface area (Å²) in [6, 6.07) is 6.46. The number of hydrogen-bond acceptors (Lipinski definition) is 4. The summed E-state index contributed by atoms with van der Waals surface area (Å²) in [6.45, 7) is 4.59. The lowest BCUT2D eigenvalue weighted by molar-refractivity contribution is 0.574. The van der Waals surface area contributed by atoms with Gasteiger partial charge in [0.1, 0.15) is 5.82 Å². The minimum atomic E-state index is -3.68. The van der Waals surface area contributed by atoms with Crippen molar-refractivity contribution in [3.8, 4) is 6.07 Å². The minimum Gasteiger partial charge on any atom is -0.342 e. The van der Waals surface area contributed by atoms with Gasteiger partial charge in [0.25, 0.3) is 0 Å². The third-order valence-electron chi connectivity index (χ3n) is 2.82. The number of aryl methyl sites for hydroxylation is 1. The molecule has 2 rings (SSSR count). The maximum atomic E-state index is 12.3. The summed E-state index contributed by atoms with van der Waals surface area (Å²) in [6.07, 6.45) is 0. The lowest BCUT2D eigenvalue weighted by atomic mass is 10.2. The molecule has 0 amide bonds. The molecule has 1 aromatic carbocycles. The highest BCUT2D eigenvalue weighted by Crippen LogP contribution is 2.26. The van der Waals surface area contributed by atoms with E-state index in [4.69, 9.17) is 5.26 Å². The van der Waals surface area contributed by atoms with Gasteiger partial charge in [-0.25, -0.2) is 13.4 Å². The van der Waals surface area contributed by atoms with Crippen LogP contribution in [-0.2, 0) is 9.84 Å². The quantitative estimate of drug-likeness (QED) is 0.897. The number of benzene rings is 1. The van der Waals surface area contributed by atoms with Crippen molar-refractivity contribution in [2.45, 2.75) is 30.4 Å². The molecule has 1 N–H and O–H groups in total. The number of rotatable bonds is 2. The lowest BCUT2D eigenvalue weighted by Crippen LogP contribution is -2.29. The van der Waals surface area contributed by atoms with Gasteiger partial charge in [-0.2, -0.15) is 5.26 Å². The highest BCUT2D eigenvalue weighted by molar-refractivity contribution is 7.93. The Kier molecular flexibility index (Phi) is 2.67. The molecule has 0 saturated carbocycles. The maximum absolute atomic E-state index is 12.3. The molecule has 0 aliphatic rings. The van der Waals surface area contributed by atoms with Crippen LogP contribution in [0, 0.1) is 18.3 Å². The fourth-order valence-electron chi connectivity index (χ4n) is 1.64. The third kappa shape index (κ3) is 1.77. The number of H-pyrrole nitrogens is 1. The number of aromatic nitrogens is 2. The molecule has 0 radical (unpaired) electrons. The summed E-state index contributed by atoms with van der Waals surface area (Å²) in [5, 5.41) is 8.96. The van der Waals surface area contributed by atoms with E-state index >= 15 is 0 Å². The van der Waals surface area contributed by atoms with Gasteiger partial charge in [-0.1, -0.05) is 0 Å². The Morgan fingerprint density at radius 2 is 2.06 bits per heavy atom. The monoisotopic (exact) mass is 263 g/mol. The summed E-state index contributed by atoms with van der Waals surface area (Å²) in [4.78, 5) is 7.32. The summed E-state index contributed by atoms with van der Waals surface area (Å²) in [5.41, 5.74) is 1.36. The number of sulfone groups is 1. The number of imidazole rings is 1. The molecule has 0 unspecified atom stereocenters. The van der Waals surface area contributed by atoms with Crippen LogP contribution in [0.5, 0.6) is 0 Å². The molecule has 6 heteroatoms. The molecule has 0 spiro atoms. The van der Waals surface area contributed by atoms with Gasteiger partial charge < -0.3 is 4.98 Å². The topological polar surface area (TPSA) is 86.6 Å². The van der Waals surface area contributed by atoms with E-state index in [-0.39, 0.29) is 4.90 Å². The molecule has 0 aliphatic heterocycles. The molecule has 2 aromatic rings. The van der Waals surface area contributed by atoms with Crippen molar-refractivity contribution in [3.05, 3.63) is 24.0 Å². The van der Waals surface area contributed by atoms with E-state index in [0.717, 1.165) is 5.82 Å². The molecule has 0 bridgehead atoms. The zero-order chi connectivity index (χ0) is 13.6. The molecule has 0 fully saturated rings. The van der Waals surface area contributed by atoms with Crippen molar-refractivity contribution in [3.63, 3.8) is 0 Å². The summed E-state index contributed by atoms with van der Waals surface area (Å²) in [5.74, 6) is 0.721. The predicted octanol–water partition coefficient (Wildman–Crippen LogP) is 1.95. The zero-order valence-electron chi connectivity index (χ0n) is 10.4. The molecule has 1 aromatic heterocycles.